The van der Waals surface area contributed by atoms with Crippen molar-refractivity contribution in [3.8, 4) is 0 Å². The van der Waals surface area contributed by atoms with Crippen molar-refractivity contribution in [2.45, 2.75) is 26.0 Å². The topological polar surface area (TPSA) is 96.3 Å². The summed E-state index contributed by atoms with van der Waals surface area (Å²) in [4.78, 5) is 28.7. The number of amides is 1. The van der Waals surface area contributed by atoms with Crippen LogP contribution in [0.15, 0.2) is 52.6 Å². The Bertz CT molecular complexity index is 1060. The van der Waals surface area contributed by atoms with Gasteiger partial charge in [-0.3, -0.25) is 4.79 Å². The van der Waals surface area contributed by atoms with Gasteiger partial charge in [-0.25, -0.2) is 13.2 Å². The highest BCUT2D eigenvalue weighted by atomic mass is 32.2. The van der Waals surface area contributed by atoms with Gasteiger partial charge in [0.05, 0.1) is 5.75 Å². The van der Waals surface area contributed by atoms with Crippen LogP contribution in [-0.2, 0) is 37.3 Å². The third-order valence-corrected chi connectivity index (χ3v) is 6.30. The normalized spacial score (nSPS) is 20.7. The lowest BCUT2D eigenvalue weighted by atomic mass is 9.99. The molecule has 4 rings (SSSR count). The van der Waals surface area contributed by atoms with E-state index in [1.807, 2.05) is 24.3 Å². The minimum atomic E-state index is -3.62. The third kappa shape index (κ3) is 3.95. The number of ether oxygens (including phenoxy) is 1. The van der Waals surface area contributed by atoms with Crippen molar-refractivity contribution in [3.05, 3.63) is 59.3 Å². The molecule has 1 aromatic carbocycles. The predicted molar refractivity (Wildman–Crippen MR) is 106 cm³/mol. The quantitative estimate of drug-likeness (QED) is 0.684. The first-order chi connectivity index (χ1) is 13.8. The van der Waals surface area contributed by atoms with Crippen molar-refractivity contribution in [2.24, 2.45) is 4.40 Å². The maximum atomic E-state index is 12.8. The van der Waals surface area contributed by atoms with Gasteiger partial charge >= 0.3 is 5.97 Å². The van der Waals surface area contributed by atoms with Crippen molar-refractivity contribution in [1.29, 1.82) is 0 Å². The first-order valence-electron chi connectivity index (χ1n) is 9.39. The van der Waals surface area contributed by atoms with Crippen LogP contribution in [-0.4, -0.2) is 60.9 Å². The Balaban J connectivity index is 1.46. The Labute approximate surface area is 169 Å². The molecule has 0 saturated heterocycles. The summed E-state index contributed by atoms with van der Waals surface area (Å²) in [5, 5.41) is 0. The van der Waals surface area contributed by atoms with Gasteiger partial charge in [-0.15, -0.1) is 4.40 Å². The van der Waals surface area contributed by atoms with Crippen LogP contribution in [0.2, 0.25) is 0 Å². The Morgan fingerprint density at radius 3 is 2.72 bits per heavy atom. The average Bonchev–Trinajstić information content (AvgIpc) is 2.71. The minimum Gasteiger partial charge on any atom is -0.449 e. The first-order valence-corrected chi connectivity index (χ1v) is 11.0. The van der Waals surface area contributed by atoms with Gasteiger partial charge in [0, 0.05) is 25.8 Å². The van der Waals surface area contributed by atoms with Crippen molar-refractivity contribution in [2.75, 3.05) is 18.8 Å². The van der Waals surface area contributed by atoms with Gasteiger partial charge in [-0.05, 0) is 36.6 Å². The van der Waals surface area contributed by atoms with Gasteiger partial charge < -0.3 is 14.5 Å². The van der Waals surface area contributed by atoms with Gasteiger partial charge in [0.15, 0.2) is 11.9 Å². The lowest BCUT2D eigenvalue weighted by Crippen LogP contribution is -2.44. The molecule has 0 saturated carbocycles. The molecule has 0 aromatic heterocycles. The number of carbonyl (C=O) groups is 2. The van der Waals surface area contributed by atoms with E-state index in [0.29, 0.717) is 13.1 Å². The summed E-state index contributed by atoms with van der Waals surface area (Å²) in [5.74, 6) is -1.13. The van der Waals surface area contributed by atoms with E-state index in [2.05, 4.69) is 4.40 Å². The summed E-state index contributed by atoms with van der Waals surface area (Å²) >= 11 is 0. The van der Waals surface area contributed by atoms with Gasteiger partial charge in [-0.1, -0.05) is 24.3 Å². The predicted octanol–water partition coefficient (Wildman–Crippen LogP) is 1.00. The lowest BCUT2D eigenvalue weighted by Gasteiger charge is -2.31. The molecule has 0 bridgehead atoms. The van der Waals surface area contributed by atoms with Gasteiger partial charge in [0.25, 0.3) is 15.9 Å². The van der Waals surface area contributed by atoms with Crippen LogP contribution in [0, 0.1) is 0 Å². The zero-order valence-electron chi connectivity index (χ0n) is 15.9. The van der Waals surface area contributed by atoms with Crippen LogP contribution in [0.5, 0.6) is 0 Å². The van der Waals surface area contributed by atoms with Gasteiger partial charge in [0.2, 0.25) is 0 Å². The number of sulfonamides is 1. The van der Waals surface area contributed by atoms with E-state index in [-0.39, 0.29) is 29.6 Å². The van der Waals surface area contributed by atoms with Crippen molar-refractivity contribution >= 4 is 27.7 Å². The molecule has 0 radical (unpaired) electrons. The summed E-state index contributed by atoms with van der Waals surface area (Å²) in [6.07, 6.45) is 4.49. The smallest absolute Gasteiger partial charge is 0.342 e. The summed E-state index contributed by atoms with van der Waals surface area (Å²) in [6.45, 7) is 2.77. The molecule has 8 nitrogen and oxygen atoms in total. The fourth-order valence-electron chi connectivity index (χ4n) is 3.59. The number of carbonyl (C=O) groups excluding carboxylic acids is 2. The van der Waals surface area contributed by atoms with Crippen molar-refractivity contribution in [3.63, 3.8) is 0 Å². The molecule has 152 valence electrons. The van der Waals surface area contributed by atoms with Crippen LogP contribution in [0.25, 0.3) is 0 Å². The molecule has 3 heterocycles. The Morgan fingerprint density at radius 1 is 1.17 bits per heavy atom. The molecule has 3 aliphatic rings. The largest absolute Gasteiger partial charge is 0.449 e. The fourth-order valence-corrected chi connectivity index (χ4v) is 4.58. The van der Waals surface area contributed by atoms with Crippen molar-refractivity contribution < 1.29 is 22.7 Å². The highest BCUT2D eigenvalue weighted by Crippen LogP contribution is 2.21. The summed E-state index contributed by atoms with van der Waals surface area (Å²) in [6, 6.07) is 7.95. The number of nitrogens with zero attached hydrogens (tertiary/aromatic N) is 3. The number of rotatable bonds is 3. The summed E-state index contributed by atoms with van der Waals surface area (Å²) in [7, 11) is -3.62. The van der Waals surface area contributed by atoms with E-state index in [4.69, 9.17) is 4.74 Å². The Kier molecular flexibility index (Phi) is 4.99. The van der Waals surface area contributed by atoms with Crippen molar-refractivity contribution in [1.82, 2.24) is 9.80 Å². The minimum absolute atomic E-state index is 0.0272. The molecular formula is C20H21N3O5S. The molecule has 0 fully saturated rings. The standard InChI is InChI=1S/C20H21N3O5S/c1-14(19(24)23-10-8-15-5-2-3-6-16(15)13-23)28-20(25)17-7-4-9-22-11-12-29(26,27)21-18(17)22/h2-7,9,14H,8,10-13H2,1H3/t14-/m1/s1. The Hall–Kier alpha value is -2.94. The molecule has 0 aliphatic carbocycles. The maximum Gasteiger partial charge on any atom is 0.342 e. The number of fused-ring (bicyclic) bond motifs is 2. The highest BCUT2D eigenvalue weighted by Gasteiger charge is 2.33. The lowest BCUT2D eigenvalue weighted by molar-refractivity contribution is -0.156. The van der Waals surface area contributed by atoms with Crippen LogP contribution < -0.4 is 0 Å². The second-order valence-electron chi connectivity index (χ2n) is 7.14. The van der Waals surface area contributed by atoms with Crippen LogP contribution in [0.4, 0.5) is 0 Å². The van der Waals surface area contributed by atoms with Crippen LogP contribution in [0.3, 0.4) is 0 Å². The molecule has 0 unspecified atom stereocenters. The third-order valence-electron chi connectivity index (χ3n) is 5.15. The number of amidine groups is 1. The second-order valence-corrected chi connectivity index (χ2v) is 8.90. The van der Waals surface area contributed by atoms with E-state index in [1.165, 1.54) is 18.6 Å². The number of allylic oxidation sites excluding steroid dienone is 2. The van der Waals surface area contributed by atoms with Crippen LogP contribution in [0.1, 0.15) is 18.1 Å². The summed E-state index contributed by atoms with van der Waals surface area (Å²) < 4.78 is 32.7. The zero-order chi connectivity index (χ0) is 20.6. The molecular weight excluding hydrogens is 394 g/mol. The summed E-state index contributed by atoms with van der Waals surface area (Å²) in [5.41, 5.74) is 2.33. The molecule has 0 N–H and O–H groups in total. The maximum absolute atomic E-state index is 12.8. The Morgan fingerprint density at radius 2 is 1.93 bits per heavy atom. The number of hydrogen-bond donors (Lipinski definition) is 0. The SMILES string of the molecule is C[C@@H](OC(=O)C1=CC=CN2CCS(=O)(=O)N=C12)C(=O)N1CCc2ccccc2C1. The van der Waals surface area contributed by atoms with Crippen LogP contribution >= 0.6 is 0 Å². The highest BCUT2D eigenvalue weighted by molar-refractivity contribution is 7.90. The second kappa shape index (κ2) is 7.47. The average molecular weight is 415 g/mol. The van der Waals surface area contributed by atoms with E-state index >= 15 is 0 Å². The monoisotopic (exact) mass is 415 g/mol. The molecule has 1 amide bonds. The van der Waals surface area contributed by atoms with Gasteiger partial charge in [0.1, 0.15) is 5.57 Å². The number of hydrogen-bond acceptors (Lipinski definition) is 6. The zero-order valence-corrected chi connectivity index (χ0v) is 16.8. The fraction of sp³-hybridized carbons (Fsp3) is 0.350. The molecule has 1 aromatic rings. The van der Waals surface area contributed by atoms with E-state index < -0.39 is 22.1 Å². The van der Waals surface area contributed by atoms with E-state index in [0.717, 1.165) is 12.0 Å². The molecule has 0 spiro atoms. The first kappa shape index (κ1) is 19.4. The molecule has 1 atom stereocenters. The van der Waals surface area contributed by atoms with E-state index in [9.17, 15) is 18.0 Å². The van der Waals surface area contributed by atoms with Gasteiger partial charge in [-0.2, -0.15) is 0 Å². The van der Waals surface area contributed by atoms with E-state index in [1.54, 1.807) is 22.1 Å². The number of esters is 1. The molecule has 9 heteroatoms. The molecule has 3 aliphatic heterocycles. The molecule has 29 heavy (non-hydrogen) atoms. The number of benzene rings is 1.